The molecule has 1 atom stereocenters. The standard InChI is InChI=1S/C27H33N5O5/c1-16-13-20-14-22(36-3)23(37-4)15-21(20)24(30-32(16)27(35)29-2)17-5-7-19(8-6-17)26(34)31-11-9-18(10-12-31)25(28)33/h5-8,14-16,18H,9-13H2,1-4H3,(H2,28,33)(H,29,35). The summed E-state index contributed by atoms with van der Waals surface area (Å²) in [5.41, 5.74) is 9.08. The second-order valence-corrected chi connectivity index (χ2v) is 9.31. The van der Waals surface area contributed by atoms with Gasteiger partial charge in [-0.2, -0.15) is 5.10 Å². The van der Waals surface area contributed by atoms with Gasteiger partial charge >= 0.3 is 6.03 Å². The molecule has 4 amide bonds. The van der Waals surface area contributed by atoms with Crippen LogP contribution in [0.4, 0.5) is 4.79 Å². The van der Waals surface area contributed by atoms with Crippen LogP contribution in [0.25, 0.3) is 0 Å². The van der Waals surface area contributed by atoms with E-state index < -0.39 is 0 Å². The molecular weight excluding hydrogens is 474 g/mol. The number of ether oxygens (including phenoxy) is 2. The Morgan fingerprint density at radius 1 is 1.03 bits per heavy atom. The summed E-state index contributed by atoms with van der Waals surface area (Å²) in [5.74, 6) is 0.574. The average Bonchev–Trinajstić information content (AvgIpc) is 3.06. The predicted octanol–water partition coefficient (Wildman–Crippen LogP) is 2.38. The summed E-state index contributed by atoms with van der Waals surface area (Å²) in [5, 5.41) is 8.86. The Balaban J connectivity index is 1.69. The van der Waals surface area contributed by atoms with Gasteiger partial charge in [-0.05, 0) is 56.0 Å². The van der Waals surface area contributed by atoms with E-state index in [0.29, 0.717) is 55.1 Å². The van der Waals surface area contributed by atoms with Gasteiger partial charge in [0.2, 0.25) is 5.91 Å². The zero-order valence-corrected chi connectivity index (χ0v) is 21.6. The highest BCUT2D eigenvalue weighted by molar-refractivity contribution is 6.15. The molecule has 2 aromatic rings. The van der Waals surface area contributed by atoms with Crippen molar-refractivity contribution in [2.45, 2.75) is 32.2 Å². The minimum Gasteiger partial charge on any atom is -0.493 e. The molecule has 0 aliphatic carbocycles. The van der Waals surface area contributed by atoms with E-state index in [2.05, 4.69) is 5.32 Å². The lowest BCUT2D eigenvalue weighted by Crippen LogP contribution is -2.41. The molecule has 1 unspecified atom stereocenters. The Kier molecular flexibility index (Phi) is 7.66. The minimum absolute atomic E-state index is 0.0929. The van der Waals surface area contributed by atoms with Crippen molar-refractivity contribution in [2.24, 2.45) is 16.8 Å². The van der Waals surface area contributed by atoms with Crippen LogP contribution in [0, 0.1) is 5.92 Å². The summed E-state index contributed by atoms with van der Waals surface area (Å²) in [6, 6.07) is 10.5. The van der Waals surface area contributed by atoms with Crippen LogP contribution >= 0.6 is 0 Å². The van der Waals surface area contributed by atoms with Crippen LogP contribution < -0.4 is 20.5 Å². The lowest BCUT2D eigenvalue weighted by molar-refractivity contribution is -0.123. The molecule has 1 fully saturated rings. The van der Waals surface area contributed by atoms with Gasteiger partial charge in [-0.25, -0.2) is 9.80 Å². The molecule has 10 nitrogen and oxygen atoms in total. The van der Waals surface area contributed by atoms with Crippen molar-refractivity contribution in [2.75, 3.05) is 34.4 Å². The number of nitrogens with zero attached hydrogens (tertiary/aromatic N) is 3. The number of nitrogens with two attached hydrogens (primary N) is 1. The van der Waals surface area contributed by atoms with Crippen molar-refractivity contribution in [3.05, 3.63) is 58.7 Å². The highest BCUT2D eigenvalue weighted by atomic mass is 16.5. The number of likely N-dealkylation sites (tertiary alicyclic amines) is 1. The van der Waals surface area contributed by atoms with E-state index >= 15 is 0 Å². The summed E-state index contributed by atoms with van der Waals surface area (Å²) in [7, 11) is 4.73. The van der Waals surface area contributed by atoms with Crippen molar-refractivity contribution >= 4 is 23.6 Å². The van der Waals surface area contributed by atoms with E-state index in [-0.39, 0.29) is 29.8 Å². The molecule has 0 bridgehead atoms. The molecular formula is C27H33N5O5. The average molecular weight is 508 g/mol. The van der Waals surface area contributed by atoms with E-state index in [4.69, 9.17) is 20.3 Å². The fraction of sp³-hybridized carbons (Fsp3) is 0.407. The van der Waals surface area contributed by atoms with Crippen LogP contribution in [0.1, 0.15) is 46.8 Å². The highest BCUT2D eigenvalue weighted by Crippen LogP contribution is 2.34. The smallest absolute Gasteiger partial charge is 0.337 e. The SMILES string of the molecule is CNC(=O)N1N=C(c2ccc(C(=O)N3CCC(C(N)=O)CC3)cc2)c2cc(OC)c(OC)cc2CC1C. The number of hydrazone groups is 1. The summed E-state index contributed by atoms with van der Waals surface area (Å²) >= 11 is 0. The third kappa shape index (κ3) is 5.23. The second kappa shape index (κ2) is 10.9. The first kappa shape index (κ1) is 26.0. The number of carbonyl (C=O) groups excluding carboxylic acids is 3. The lowest BCUT2D eigenvalue weighted by atomic mass is 9.93. The Labute approximate surface area is 216 Å². The van der Waals surface area contributed by atoms with Gasteiger partial charge < -0.3 is 25.4 Å². The van der Waals surface area contributed by atoms with Crippen LogP contribution in [-0.4, -0.2) is 73.9 Å². The number of piperidine rings is 1. The molecule has 37 heavy (non-hydrogen) atoms. The summed E-state index contributed by atoms with van der Waals surface area (Å²) in [6.07, 6.45) is 1.71. The number of rotatable bonds is 5. The molecule has 4 rings (SSSR count). The zero-order valence-electron chi connectivity index (χ0n) is 21.6. The quantitative estimate of drug-likeness (QED) is 0.643. The maximum Gasteiger partial charge on any atom is 0.337 e. The molecule has 196 valence electrons. The monoisotopic (exact) mass is 507 g/mol. The van der Waals surface area contributed by atoms with E-state index in [1.807, 2.05) is 31.2 Å². The van der Waals surface area contributed by atoms with Crippen LogP contribution in [0.5, 0.6) is 11.5 Å². The van der Waals surface area contributed by atoms with Crippen LogP contribution in [-0.2, 0) is 11.2 Å². The number of hydrogen-bond acceptors (Lipinski definition) is 6. The first-order chi connectivity index (χ1) is 17.8. The summed E-state index contributed by atoms with van der Waals surface area (Å²) in [4.78, 5) is 38.9. The third-order valence-corrected chi connectivity index (χ3v) is 7.02. The number of nitrogens with one attached hydrogen (secondary N) is 1. The van der Waals surface area contributed by atoms with Gasteiger partial charge in [-0.15, -0.1) is 0 Å². The van der Waals surface area contributed by atoms with Gasteiger partial charge in [0.05, 0.1) is 26.0 Å². The Hall–Kier alpha value is -4.08. The zero-order chi connectivity index (χ0) is 26.7. The molecule has 3 N–H and O–H groups in total. The number of hydrogen-bond donors (Lipinski definition) is 2. The fourth-order valence-corrected chi connectivity index (χ4v) is 4.87. The van der Waals surface area contributed by atoms with Gasteiger partial charge in [0, 0.05) is 42.7 Å². The normalized spacial score (nSPS) is 17.8. The number of fused-ring (bicyclic) bond motifs is 1. The largest absolute Gasteiger partial charge is 0.493 e. The first-order valence-corrected chi connectivity index (χ1v) is 12.3. The number of primary amides is 1. The minimum atomic E-state index is -0.317. The van der Waals surface area contributed by atoms with Crippen LogP contribution in [0.15, 0.2) is 41.5 Å². The molecule has 2 aromatic carbocycles. The fourth-order valence-electron chi connectivity index (χ4n) is 4.87. The lowest BCUT2D eigenvalue weighted by Gasteiger charge is -2.30. The molecule has 1 saturated heterocycles. The maximum absolute atomic E-state index is 13.1. The predicted molar refractivity (Wildman–Crippen MR) is 139 cm³/mol. The third-order valence-electron chi connectivity index (χ3n) is 7.02. The second-order valence-electron chi connectivity index (χ2n) is 9.31. The molecule has 2 aliphatic rings. The number of urea groups is 1. The van der Waals surface area contributed by atoms with Gasteiger partial charge in [0.1, 0.15) is 0 Å². The Morgan fingerprint density at radius 2 is 1.65 bits per heavy atom. The van der Waals surface area contributed by atoms with Crippen molar-refractivity contribution in [1.29, 1.82) is 0 Å². The molecule has 0 spiro atoms. The molecule has 0 radical (unpaired) electrons. The first-order valence-electron chi connectivity index (χ1n) is 12.3. The van der Waals surface area contributed by atoms with Gasteiger partial charge in [-0.1, -0.05) is 12.1 Å². The Morgan fingerprint density at radius 3 is 2.22 bits per heavy atom. The van der Waals surface area contributed by atoms with Crippen LogP contribution in [0.2, 0.25) is 0 Å². The topological polar surface area (TPSA) is 127 Å². The van der Waals surface area contributed by atoms with Crippen molar-refractivity contribution < 1.29 is 23.9 Å². The van der Waals surface area contributed by atoms with E-state index in [1.165, 1.54) is 5.01 Å². The maximum atomic E-state index is 13.1. The van der Waals surface area contributed by atoms with E-state index in [0.717, 1.165) is 16.7 Å². The summed E-state index contributed by atoms with van der Waals surface area (Å²) < 4.78 is 11.0. The highest BCUT2D eigenvalue weighted by Gasteiger charge is 2.29. The van der Waals surface area contributed by atoms with Crippen molar-refractivity contribution in [3.63, 3.8) is 0 Å². The van der Waals surface area contributed by atoms with Gasteiger partial charge in [-0.3, -0.25) is 9.59 Å². The number of benzene rings is 2. The molecule has 10 heteroatoms. The van der Waals surface area contributed by atoms with E-state index in [9.17, 15) is 14.4 Å². The van der Waals surface area contributed by atoms with Gasteiger partial charge in [0.25, 0.3) is 5.91 Å². The van der Waals surface area contributed by atoms with Gasteiger partial charge in [0.15, 0.2) is 11.5 Å². The molecule has 0 aromatic heterocycles. The molecule has 0 saturated carbocycles. The van der Waals surface area contributed by atoms with Crippen molar-refractivity contribution in [1.82, 2.24) is 15.2 Å². The number of carbonyl (C=O) groups is 3. The van der Waals surface area contributed by atoms with Crippen molar-refractivity contribution in [3.8, 4) is 11.5 Å². The molecule has 2 aliphatic heterocycles. The number of amides is 4. The van der Waals surface area contributed by atoms with Crippen LogP contribution in [0.3, 0.4) is 0 Å². The molecule has 2 heterocycles. The Bertz CT molecular complexity index is 1220. The summed E-state index contributed by atoms with van der Waals surface area (Å²) in [6.45, 7) is 2.93. The van der Waals surface area contributed by atoms with E-state index in [1.54, 1.807) is 38.3 Å². The number of methoxy groups -OCH3 is 2.